The fourth-order valence-corrected chi connectivity index (χ4v) is 3.52. The standard InChI is InChI=1S/C20H18ClN3O4S/c1-20(2,3)19(25)28-18-14-9-5-4-8-13(14)16(29(21,26)27)12-15(18)23-24-17-10-6-7-11-22-17/h4-12H,1-3H3. The number of aromatic nitrogens is 1. The number of carbonyl (C=O) groups excluding carboxylic acids is 1. The van der Waals surface area contributed by atoms with Crippen LogP contribution in [-0.4, -0.2) is 19.4 Å². The first-order valence-corrected chi connectivity index (χ1v) is 10.9. The molecule has 0 aliphatic carbocycles. The van der Waals surface area contributed by atoms with Crippen molar-refractivity contribution < 1.29 is 17.9 Å². The van der Waals surface area contributed by atoms with Crippen molar-refractivity contribution >= 4 is 48.0 Å². The van der Waals surface area contributed by atoms with E-state index in [1.54, 1.807) is 69.4 Å². The van der Waals surface area contributed by atoms with Crippen molar-refractivity contribution in [2.24, 2.45) is 15.6 Å². The number of ether oxygens (including phenoxy) is 1. The highest BCUT2D eigenvalue weighted by Gasteiger charge is 2.27. The lowest BCUT2D eigenvalue weighted by Crippen LogP contribution is -2.25. The molecule has 2 aromatic carbocycles. The Kier molecular flexibility index (Phi) is 5.68. The molecule has 0 radical (unpaired) electrons. The molecule has 9 heteroatoms. The lowest BCUT2D eigenvalue weighted by Gasteiger charge is -2.19. The average Bonchev–Trinajstić information content (AvgIpc) is 2.66. The molecule has 0 N–H and O–H groups in total. The summed E-state index contributed by atoms with van der Waals surface area (Å²) in [4.78, 5) is 16.4. The molecule has 0 saturated carbocycles. The van der Waals surface area contributed by atoms with Gasteiger partial charge in [-0.25, -0.2) is 13.4 Å². The van der Waals surface area contributed by atoms with Crippen LogP contribution in [0.1, 0.15) is 20.8 Å². The summed E-state index contributed by atoms with van der Waals surface area (Å²) in [6.07, 6.45) is 1.55. The molecule has 0 bridgehead atoms. The monoisotopic (exact) mass is 431 g/mol. The van der Waals surface area contributed by atoms with E-state index in [-0.39, 0.29) is 16.3 Å². The zero-order valence-corrected chi connectivity index (χ0v) is 17.5. The molecule has 0 aliphatic heterocycles. The van der Waals surface area contributed by atoms with Gasteiger partial charge in [0, 0.05) is 27.7 Å². The van der Waals surface area contributed by atoms with Crippen LogP contribution < -0.4 is 4.74 Å². The molecule has 150 valence electrons. The first-order valence-electron chi connectivity index (χ1n) is 8.63. The van der Waals surface area contributed by atoms with E-state index in [1.165, 1.54) is 6.07 Å². The summed E-state index contributed by atoms with van der Waals surface area (Å²) in [7, 11) is 1.54. The molecule has 7 nitrogen and oxygen atoms in total. The van der Waals surface area contributed by atoms with Crippen molar-refractivity contribution in [1.29, 1.82) is 0 Å². The second-order valence-corrected chi connectivity index (χ2v) is 9.77. The molecule has 29 heavy (non-hydrogen) atoms. The van der Waals surface area contributed by atoms with Gasteiger partial charge >= 0.3 is 5.97 Å². The molecule has 0 unspecified atom stereocenters. The Hall–Kier alpha value is -2.84. The van der Waals surface area contributed by atoms with Crippen molar-refractivity contribution in [1.82, 2.24) is 4.98 Å². The topological polar surface area (TPSA) is 98.0 Å². The van der Waals surface area contributed by atoms with Gasteiger partial charge in [0.05, 0.1) is 10.3 Å². The van der Waals surface area contributed by atoms with Gasteiger partial charge in [-0.1, -0.05) is 30.3 Å². The third kappa shape index (κ3) is 4.78. The maximum absolute atomic E-state index is 12.5. The first-order chi connectivity index (χ1) is 13.6. The minimum atomic E-state index is -4.09. The van der Waals surface area contributed by atoms with E-state index >= 15 is 0 Å². The van der Waals surface area contributed by atoms with E-state index < -0.39 is 20.4 Å². The summed E-state index contributed by atoms with van der Waals surface area (Å²) in [5, 5.41) is 8.81. The van der Waals surface area contributed by atoms with Crippen LogP contribution in [0.5, 0.6) is 5.75 Å². The van der Waals surface area contributed by atoms with Crippen LogP contribution in [0.3, 0.4) is 0 Å². The Bertz CT molecular complexity index is 1200. The number of nitrogens with zero attached hydrogens (tertiary/aromatic N) is 3. The van der Waals surface area contributed by atoms with E-state index in [9.17, 15) is 13.2 Å². The molecule has 0 saturated heterocycles. The predicted octanol–water partition coefficient (Wildman–Crippen LogP) is 5.53. The fourth-order valence-electron chi connectivity index (χ4n) is 2.45. The van der Waals surface area contributed by atoms with Crippen molar-refractivity contribution in [3.8, 4) is 5.75 Å². The Morgan fingerprint density at radius 3 is 2.28 bits per heavy atom. The summed E-state index contributed by atoms with van der Waals surface area (Å²) in [6.45, 7) is 5.14. The summed E-state index contributed by atoms with van der Waals surface area (Å²) in [5.41, 5.74) is -0.737. The Balaban J connectivity index is 2.27. The quantitative estimate of drug-likeness (QED) is 0.234. The minimum absolute atomic E-state index is 0.0474. The number of fused-ring (bicyclic) bond motifs is 1. The van der Waals surface area contributed by atoms with Crippen molar-refractivity contribution in [2.45, 2.75) is 25.7 Å². The van der Waals surface area contributed by atoms with Crippen LogP contribution in [0, 0.1) is 5.41 Å². The number of hydrogen-bond acceptors (Lipinski definition) is 7. The zero-order chi connectivity index (χ0) is 21.2. The van der Waals surface area contributed by atoms with E-state index in [4.69, 9.17) is 15.4 Å². The third-order valence-corrected chi connectivity index (χ3v) is 5.28. The molecule has 1 heterocycles. The molecule has 0 spiro atoms. The third-order valence-electron chi connectivity index (χ3n) is 3.92. The molecular weight excluding hydrogens is 414 g/mol. The summed E-state index contributed by atoms with van der Waals surface area (Å²) in [6, 6.07) is 12.9. The van der Waals surface area contributed by atoms with E-state index in [2.05, 4.69) is 15.2 Å². The molecule has 0 fully saturated rings. The van der Waals surface area contributed by atoms with Crippen LogP contribution in [-0.2, 0) is 13.8 Å². The maximum Gasteiger partial charge on any atom is 0.316 e. The Morgan fingerprint density at radius 2 is 1.69 bits per heavy atom. The van der Waals surface area contributed by atoms with Gasteiger partial charge in [0.2, 0.25) is 0 Å². The van der Waals surface area contributed by atoms with E-state index in [0.717, 1.165) is 0 Å². The van der Waals surface area contributed by atoms with Crippen molar-refractivity contribution in [3.63, 3.8) is 0 Å². The molecule has 3 aromatic rings. The van der Waals surface area contributed by atoms with Gasteiger partial charge in [-0.15, -0.1) is 10.2 Å². The minimum Gasteiger partial charge on any atom is -0.423 e. The van der Waals surface area contributed by atoms with Gasteiger partial charge in [0.25, 0.3) is 9.05 Å². The van der Waals surface area contributed by atoms with Gasteiger partial charge in [-0.3, -0.25) is 4.79 Å². The first kappa shape index (κ1) is 20.9. The lowest BCUT2D eigenvalue weighted by atomic mass is 9.97. The Labute approximate surface area is 172 Å². The maximum atomic E-state index is 12.5. The van der Waals surface area contributed by atoms with E-state index in [0.29, 0.717) is 16.6 Å². The normalized spacial score (nSPS) is 12.4. The number of esters is 1. The summed E-state index contributed by atoms with van der Waals surface area (Å²) < 4.78 is 29.9. The van der Waals surface area contributed by atoms with Crippen LogP contribution in [0.25, 0.3) is 10.8 Å². The highest BCUT2D eigenvalue weighted by Crippen LogP contribution is 2.42. The molecule has 0 amide bonds. The molecular formula is C20H18ClN3O4S. The number of halogens is 1. The number of benzene rings is 2. The van der Waals surface area contributed by atoms with Gasteiger partial charge < -0.3 is 4.74 Å². The lowest BCUT2D eigenvalue weighted by molar-refractivity contribution is -0.142. The summed E-state index contributed by atoms with van der Waals surface area (Å²) in [5.74, 6) is -0.0910. The van der Waals surface area contributed by atoms with Crippen molar-refractivity contribution in [3.05, 3.63) is 54.7 Å². The molecule has 3 rings (SSSR count). The van der Waals surface area contributed by atoms with Gasteiger partial charge in [-0.05, 0) is 39.0 Å². The van der Waals surface area contributed by atoms with Gasteiger partial charge in [-0.2, -0.15) is 0 Å². The van der Waals surface area contributed by atoms with Crippen LogP contribution in [0.4, 0.5) is 11.5 Å². The summed E-state index contributed by atoms with van der Waals surface area (Å²) >= 11 is 0. The largest absolute Gasteiger partial charge is 0.423 e. The van der Waals surface area contributed by atoms with Crippen LogP contribution in [0.2, 0.25) is 0 Å². The second kappa shape index (κ2) is 7.88. The molecule has 0 aliphatic rings. The fraction of sp³-hybridized carbons (Fsp3) is 0.200. The number of rotatable bonds is 4. The zero-order valence-electron chi connectivity index (χ0n) is 16.0. The number of hydrogen-bond donors (Lipinski definition) is 0. The van der Waals surface area contributed by atoms with Crippen molar-refractivity contribution in [2.75, 3.05) is 0 Å². The van der Waals surface area contributed by atoms with Gasteiger partial charge in [0.15, 0.2) is 11.6 Å². The van der Waals surface area contributed by atoms with Crippen LogP contribution >= 0.6 is 10.7 Å². The smallest absolute Gasteiger partial charge is 0.316 e. The van der Waals surface area contributed by atoms with Gasteiger partial charge in [0.1, 0.15) is 5.69 Å². The highest BCUT2D eigenvalue weighted by atomic mass is 35.7. The second-order valence-electron chi connectivity index (χ2n) is 7.23. The van der Waals surface area contributed by atoms with Crippen LogP contribution in [0.15, 0.2) is 69.9 Å². The highest BCUT2D eigenvalue weighted by molar-refractivity contribution is 8.14. The predicted molar refractivity (Wildman–Crippen MR) is 110 cm³/mol. The Morgan fingerprint density at radius 1 is 1.03 bits per heavy atom. The number of pyridine rings is 1. The number of azo groups is 1. The van der Waals surface area contributed by atoms with E-state index in [1.807, 2.05) is 0 Å². The number of carbonyl (C=O) groups is 1. The average molecular weight is 432 g/mol. The molecule has 0 atom stereocenters. The molecule has 1 aromatic heterocycles. The SMILES string of the molecule is CC(C)(C)C(=O)Oc1c(N=Nc2ccccn2)cc(S(=O)(=O)Cl)c2ccccc12.